The van der Waals surface area contributed by atoms with Gasteiger partial charge in [-0.15, -0.1) is 0 Å². The Morgan fingerprint density at radius 1 is 1.45 bits per heavy atom. The van der Waals surface area contributed by atoms with Crippen molar-refractivity contribution in [1.29, 1.82) is 0 Å². The fourth-order valence-corrected chi connectivity index (χ4v) is 3.44. The molecule has 2 N–H and O–H groups in total. The standard InChI is InChI=1S/C15H24N4O/c1-11-4-6-16-14(9-11)15(20)19-8-2-3-12(10-19)13-5-7-17-18-13/h5,7,11-12,14,16H,2-4,6,8-10H2,1H3,(H,17,18). The van der Waals surface area contributed by atoms with Crippen LogP contribution >= 0.6 is 0 Å². The number of amides is 1. The highest BCUT2D eigenvalue weighted by molar-refractivity contribution is 5.82. The smallest absolute Gasteiger partial charge is 0.239 e. The van der Waals surface area contributed by atoms with Crippen molar-refractivity contribution in [3.63, 3.8) is 0 Å². The molecule has 0 aromatic carbocycles. The Bertz CT molecular complexity index is 445. The van der Waals surface area contributed by atoms with Gasteiger partial charge in [0.15, 0.2) is 0 Å². The highest BCUT2D eigenvalue weighted by Gasteiger charge is 2.31. The van der Waals surface area contributed by atoms with Gasteiger partial charge < -0.3 is 10.2 Å². The van der Waals surface area contributed by atoms with Gasteiger partial charge in [0, 0.05) is 30.9 Å². The highest BCUT2D eigenvalue weighted by Crippen LogP contribution is 2.26. The number of nitrogens with zero attached hydrogens (tertiary/aromatic N) is 2. The number of aromatic nitrogens is 2. The van der Waals surface area contributed by atoms with E-state index in [0.29, 0.717) is 17.7 Å². The first-order valence-electron chi connectivity index (χ1n) is 7.75. The summed E-state index contributed by atoms with van der Waals surface area (Å²) in [7, 11) is 0. The van der Waals surface area contributed by atoms with Crippen molar-refractivity contribution in [3.05, 3.63) is 18.0 Å². The molecule has 3 atom stereocenters. The van der Waals surface area contributed by atoms with Gasteiger partial charge in [-0.05, 0) is 44.2 Å². The van der Waals surface area contributed by atoms with Crippen LogP contribution in [0.15, 0.2) is 12.3 Å². The number of piperidine rings is 2. The maximum atomic E-state index is 12.7. The molecule has 5 heteroatoms. The zero-order chi connectivity index (χ0) is 13.9. The lowest BCUT2D eigenvalue weighted by Crippen LogP contribution is -2.52. The fourth-order valence-electron chi connectivity index (χ4n) is 3.44. The van der Waals surface area contributed by atoms with Gasteiger partial charge in [0.2, 0.25) is 5.91 Å². The first-order valence-corrected chi connectivity index (χ1v) is 7.75. The minimum atomic E-state index is 0.0271. The van der Waals surface area contributed by atoms with Crippen LogP contribution in [0.25, 0.3) is 0 Å². The molecule has 2 saturated heterocycles. The molecule has 2 aliphatic heterocycles. The summed E-state index contributed by atoms with van der Waals surface area (Å²) in [5.74, 6) is 1.36. The van der Waals surface area contributed by atoms with Crippen LogP contribution in [0.4, 0.5) is 0 Å². The molecular formula is C15H24N4O. The molecule has 1 aromatic heterocycles. The summed E-state index contributed by atoms with van der Waals surface area (Å²) in [6.07, 6.45) is 6.17. The molecule has 3 heterocycles. The third-order valence-corrected chi connectivity index (χ3v) is 4.66. The molecule has 20 heavy (non-hydrogen) atoms. The first kappa shape index (κ1) is 13.6. The van der Waals surface area contributed by atoms with Gasteiger partial charge in [0.1, 0.15) is 0 Å². The predicted octanol–water partition coefficient (Wildman–Crippen LogP) is 1.50. The van der Waals surface area contributed by atoms with E-state index in [-0.39, 0.29) is 6.04 Å². The summed E-state index contributed by atoms with van der Waals surface area (Å²) in [6, 6.07) is 2.05. The number of hydrogen-bond donors (Lipinski definition) is 2. The summed E-state index contributed by atoms with van der Waals surface area (Å²) in [5.41, 5.74) is 1.16. The Labute approximate surface area is 120 Å². The van der Waals surface area contributed by atoms with Crippen LogP contribution in [0.3, 0.4) is 0 Å². The lowest BCUT2D eigenvalue weighted by atomic mass is 9.91. The van der Waals surface area contributed by atoms with Crippen molar-refractivity contribution < 1.29 is 4.79 Å². The largest absolute Gasteiger partial charge is 0.341 e. The topological polar surface area (TPSA) is 61.0 Å². The van der Waals surface area contributed by atoms with Crippen LogP contribution in [-0.2, 0) is 4.79 Å². The zero-order valence-corrected chi connectivity index (χ0v) is 12.1. The Morgan fingerprint density at radius 2 is 2.35 bits per heavy atom. The van der Waals surface area contributed by atoms with Crippen LogP contribution in [0.2, 0.25) is 0 Å². The second-order valence-electron chi connectivity index (χ2n) is 6.27. The average Bonchev–Trinajstić information content (AvgIpc) is 3.01. The minimum Gasteiger partial charge on any atom is -0.341 e. The number of rotatable bonds is 2. The van der Waals surface area contributed by atoms with Crippen molar-refractivity contribution >= 4 is 5.91 Å². The van der Waals surface area contributed by atoms with Gasteiger partial charge in [-0.3, -0.25) is 9.89 Å². The van der Waals surface area contributed by atoms with Gasteiger partial charge >= 0.3 is 0 Å². The number of hydrogen-bond acceptors (Lipinski definition) is 3. The van der Waals surface area contributed by atoms with E-state index in [1.807, 2.05) is 11.0 Å². The quantitative estimate of drug-likeness (QED) is 0.860. The van der Waals surface area contributed by atoms with Crippen LogP contribution in [0.5, 0.6) is 0 Å². The molecule has 0 spiro atoms. The van der Waals surface area contributed by atoms with E-state index in [2.05, 4.69) is 22.4 Å². The van der Waals surface area contributed by atoms with E-state index in [9.17, 15) is 4.79 Å². The number of aromatic amines is 1. The zero-order valence-electron chi connectivity index (χ0n) is 12.1. The van der Waals surface area contributed by atoms with E-state index in [1.165, 1.54) is 6.42 Å². The van der Waals surface area contributed by atoms with Crippen LogP contribution < -0.4 is 5.32 Å². The fraction of sp³-hybridized carbons (Fsp3) is 0.733. The third-order valence-electron chi connectivity index (χ3n) is 4.66. The maximum absolute atomic E-state index is 12.7. The molecule has 2 aliphatic rings. The molecule has 1 aromatic rings. The van der Waals surface area contributed by atoms with Crippen molar-refractivity contribution in [2.75, 3.05) is 19.6 Å². The van der Waals surface area contributed by atoms with Crippen LogP contribution in [0.1, 0.15) is 44.2 Å². The van der Waals surface area contributed by atoms with Crippen molar-refractivity contribution in [2.24, 2.45) is 5.92 Å². The number of carbonyl (C=O) groups excluding carboxylic acids is 1. The van der Waals surface area contributed by atoms with Crippen LogP contribution in [-0.4, -0.2) is 46.7 Å². The Balaban J connectivity index is 1.63. The maximum Gasteiger partial charge on any atom is 0.239 e. The normalized spacial score (nSPS) is 31.2. The lowest BCUT2D eigenvalue weighted by Gasteiger charge is -2.36. The summed E-state index contributed by atoms with van der Waals surface area (Å²) in [5, 5.41) is 10.5. The Morgan fingerprint density at radius 3 is 3.10 bits per heavy atom. The van der Waals surface area contributed by atoms with Gasteiger partial charge in [-0.2, -0.15) is 5.10 Å². The van der Waals surface area contributed by atoms with Gasteiger partial charge in [0.05, 0.1) is 6.04 Å². The first-order chi connectivity index (χ1) is 9.74. The molecule has 3 rings (SSSR count). The summed E-state index contributed by atoms with van der Waals surface area (Å²) in [6.45, 7) is 4.93. The molecule has 1 amide bonds. The molecule has 0 bridgehead atoms. The molecule has 0 radical (unpaired) electrons. The number of nitrogens with one attached hydrogen (secondary N) is 2. The molecular weight excluding hydrogens is 252 g/mol. The van der Waals surface area contributed by atoms with E-state index in [1.54, 1.807) is 6.20 Å². The number of H-pyrrole nitrogens is 1. The van der Waals surface area contributed by atoms with Crippen molar-refractivity contribution in [2.45, 2.75) is 44.6 Å². The second kappa shape index (κ2) is 5.95. The second-order valence-corrected chi connectivity index (χ2v) is 6.27. The van der Waals surface area contributed by atoms with Crippen molar-refractivity contribution in [3.8, 4) is 0 Å². The van der Waals surface area contributed by atoms with E-state index in [0.717, 1.165) is 44.6 Å². The Hall–Kier alpha value is -1.36. The van der Waals surface area contributed by atoms with Crippen LogP contribution in [0, 0.1) is 5.92 Å². The molecule has 3 unspecified atom stereocenters. The molecule has 110 valence electrons. The van der Waals surface area contributed by atoms with Gasteiger partial charge in [-0.1, -0.05) is 6.92 Å². The van der Waals surface area contributed by atoms with E-state index >= 15 is 0 Å². The molecule has 0 aliphatic carbocycles. The molecule has 2 fully saturated rings. The monoisotopic (exact) mass is 276 g/mol. The SMILES string of the molecule is CC1CCNC(C(=O)N2CCCC(c3ccn[nH]3)C2)C1. The number of likely N-dealkylation sites (tertiary alicyclic amines) is 1. The van der Waals surface area contributed by atoms with Gasteiger partial charge in [-0.25, -0.2) is 0 Å². The molecule has 0 saturated carbocycles. The van der Waals surface area contributed by atoms with E-state index in [4.69, 9.17) is 0 Å². The Kier molecular flexibility index (Phi) is 4.05. The highest BCUT2D eigenvalue weighted by atomic mass is 16.2. The minimum absolute atomic E-state index is 0.0271. The average molecular weight is 276 g/mol. The summed E-state index contributed by atoms with van der Waals surface area (Å²) >= 11 is 0. The number of carbonyl (C=O) groups is 1. The summed E-state index contributed by atoms with van der Waals surface area (Å²) in [4.78, 5) is 14.7. The van der Waals surface area contributed by atoms with Crippen molar-refractivity contribution in [1.82, 2.24) is 20.4 Å². The predicted molar refractivity (Wildman–Crippen MR) is 77.3 cm³/mol. The summed E-state index contributed by atoms with van der Waals surface area (Å²) < 4.78 is 0. The third kappa shape index (κ3) is 2.87. The van der Waals surface area contributed by atoms with Gasteiger partial charge in [0.25, 0.3) is 0 Å². The molecule has 5 nitrogen and oxygen atoms in total. The lowest BCUT2D eigenvalue weighted by molar-refractivity contribution is -0.135. The van der Waals surface area contributed by atoms with E-state index < -0.39 is 0 Å².